The maximum atomic E-state index is 11.1. The molecular formula is C6H14N4O3S. The summed E-state index contributed by atoms with van der Waals surface area (Å²) < 4.78 is 22.7. The Labute approximate surface area is 82.8 Å². The number of hydrogen-bond donors (Lipinski definition) is 2. The Balaban J connectivity index is 2.46. The molecule has 0 aromatic carbocycles. The van der Waals surface area contributed by atoms with Gasteiger partial charge in [-0.15, -0.1) is 0 Å². The molecule has 0 bridgehead atoms. The number of likely N-dealkylation sites (N-methyl/N-ethyl adjacent to an activating group) is 1. The minimum atomic E-state index is -3.60. The quantitative estimate of drug-likeness (QED) is 0.541. The zero-order valence-corrected chi connectivity index (χ0v) is 8.70. The third-order valence-electron chi connectivity index (χ3n) is 2.30. The molecule has 1 aliphatic rings. The fraction of sp³-hybridized carbons (Fsp3) is 0.833. The predicted molar refractivity (Wildman–Crippen MR) is 50.3 cm³/mol. The largest absolute Gasteiger partial charge is 0.339 e. The molecule has 82 valence electrons. The maximum absolute atomic E-state index is 11.1. The first-order valence-corrected chi connectivity index (χ1v) is 5.60. The Bertz CT molecular complexity index is 322. The molecule has 0 aliphatic carbocycles. The summed E-state index contributed by atoms with van der Waals surface area (Å²) in [5.41, 5.74) is 5.16. The summed E-state index contributed by atoms with van der Waals surface area (Å²) in [7, 11) is -2.00. The van der Waals surface area contributed by atoms with Crippen molar-refractivity contribution in [2.75, 3.05) is 26.7 Å². The minimum Gasteiger partial charge on any atom is -0.339 e. The molecule has 1 heterocycles. The van der Waals surface area contributed by atoms with Gasteiger partial charge in [-0.3, -0.25) is 4.79 Å². The van der Waals surface area contributed by atoms with Gasteiger partial charge in [-0.1, -0.05) is 0 Å². The SMILES string of the molecule is CN(C(=O)CN)C1CN(S(N)(=O)=O)C1. The van der Waals surface area contributed by atoms with E-state index in [0.717, 1.165) is 4.31 Å². The fourth-order valence-corrected chi connectivity index (χ4v) is 1.98. The van der Waals surface area contributed by atoms with Gasteiger partial charge in [-0.25, -0.2) is 5.14 Å². The van der Waals surface area contributed by atoms with E-state index in [2.05, 4.69) is 0 Å². The van der Waals surface area contributed by atoms with Gasteiger partial charge in [0.15, 0.2) is 0 Å². The van der Waals surface area contributed by atoms with Crippen LogP contribution >= 0.6 is 0 Å². The molecule has 8 heteroatoms. The topological polar surface area (TPSA) is 110 Å². The normalized spacial score (nSPS) is 19.1. The van der Waals surface area contributed by atoms with Gasteiger partial charge in [-0.2, -0.15) is 12.7 Å². The van der Waals surface area contributed by atoms with E-state index in [9.17, 15) is 13.2 Å². The molecule has 14 heavy (non-hydrogen) atoms. The molecule has 0 unspecified atom stereocenters. The Morgan fingerprint density at radius 3 is 2.43 bits per heavy atom. The molecule has 0 spiro atoms. The van der Waals surface area contributed by atoms with E-state index in [4.69, 9.17) is 10.9 Å². The molecule has 1 rings (SSSR count). The van der Waals surface area contributed by atoms with Crippen molar-refractivity contribution in [3.63, 3.8) is 0 Å². The first-order chi connectivity index (χ1) is 6.36. The number of amides is 1. The van der Waals surface area contributed by atoms with Crippen molar-refractivity contribution in [3.8, 4) is 0 Å². The molecule has 1 fully saturated rings. The molecule has 0 aromatic rings. The lowest BCUT2D eigenvalue weighted by Crippen LogP contribution is -2.63. The molecule has 0 aromatic heterocycles. The van der Waals surface area contributed by atoms with E-state index >= 15 is 0 Å². The van der Waals surface area contributed by atoms with Crippen molar-refractivity contribution in [2.24, 2.45) is 10.9 Å². The monoisotopic (exact) mass is 222 g/mol. The molecule has 1 saturated heterocycles. The van der Waals surface area contributed by atoms with Crippen LogP contribution in [0.5, 0.6) is 0 Å². The molecule has 1 amide bonds. The lowest BCUT2D eigenvalue weighted by molar-refractivity contribution is -0.132. The van der Waals surface area contributed by atoms with E-state index < -0.39 is 10.2 Å². The van der Waals surface area contributed by atoms with Crippen molar-refractivity contribution >= 4 is 16.1 Å². The van der Waals surface area contributed by atoms with Crippen LogP contribution in [-0.4, -0.2) is 56.3 Å². The van der Waals surface area contributed by atoms with Crippen LogP contribution < -0.4 is 10.9 Å². The minimum absolute atomic E-state index is 0.0671. The predicted octanol–water partition coefficient (Wildman–Crippen LogP) is -2.71. The van der Waals surface area contributed by atoms with Gasteiger partial charge in [0, 0.05) is 20.1 Å². The molecular weight excluding hydrogens is 208 g/mol. The smallest absolute Gasteiger partial charge is 0.277 e. The average molecular weight is 222 g/mol. The van der Waals surface area contributed by atoms with E-state index in [1.54, 1.807) is 7.05 Å². The average Bonchev–Trinajstić information content (AvgIpc) is 1.97. The third-order valence-corrected chi connectivity index (χ3v) is 3.32. The zero-order valence-electron chi connectivity index (χ0n) is 7.88. The highest BCUT2D eigenvalue weighted by Crippen LogP contribution is 2.15. The lowest BCUT2D eigenvalue weighted by atomic mass is 10.1. The summed E-state index contributed by atoms with van der Waals surface area (Å²) in [6.45, 7) is 0.435. The summed E-state index contributed by atoms with van der Waals surface area (Å²) in [6.07, 6.45) is 0. The zero-order chi connectivity index (χ0) is 10.9. The van der Waals surface area contributed by atoms with E-state index in [0.29, 0.717) is 0 Å². The van der Waals surface area contributed by atoms with E-state index in [-0.39, 0.29) is 31.6 Å². The van der Waals surface area contributed by atoms with E-state index in [1.807, 2.05) is 0 Å². The van der Waals surface area contributed by atoms with Crippen LogP contribution in [0.25, 0.3) is 0 Å². The van der Waals surface area contributed by atoms with Crippen molar-refractivity contribution in [1.29, 1.82) is 0 Å². The van der Waals surface area contributed by atoms with Crippen LogP contribution in [-0.2, 0) is 15.0 Å². The van der Waals surface area contributed by atoms with Crippen LogP contribution in [0, 0.1) is 0 Å². The molecule has 0 radical (unpaired) electrons. The second-order valence-electron chi connectivity index (χ2n) is 3.22. The van der Waals surface area contributed by atoms with Crippen molar-refractivity contribution < 1.29 is 13.2 Å². The summed E-state index contributed by atoms with van der Waals surface area (Å²) >= 11 is 0. The van der Waals surface area contributed by atoms with E-state index in [1.165, 1.54) is 4.90 Å². The van der Waals surface area contributed by atoms with Gasteiger partial charge >= 0.3 is 0 Å². The highest BCUT2D eigenvalue weighted by Gasteiger charge is 2.37. The van der Waals surface area contributed by atoms with Crippen molar-refractivity contribution in [3.05, 3.63) is 0 Å². The first kappa shape index (κ1) is 11.4. The summed E-state index contributed by atoms with van der Waals surface area (Å²) in [5, 5.41) is 4.88. The Morgan fingerprint density at radius 1 is 1.57 bits per heavy atom. The molecule has 4 N–H and O–H groups in total. The van der Waals surface area contributed by atoms with Crippen LogP contribution in [0.4, 0.5) is 0 Å². The number of nitrogens with two attached hydrogens (primary N) is 2. The fourth-order valence-electron chi connectivity index (χ4n) is 1.22. The van der Waals surface area contributed by atoms with Crippen LogP contribution in [0.2, 0.25) is 0 Å². The van der Waals surface area contributed by atoms with Crippen LogP contribution in [0.3, 0.4) is 0 Å². The standard InChI is InChI=1S/C6H14N4O3S/c1-9(6(11)2-7)5-3-10(4-5)14(8,12)13/h5H,2-4,7H2,1H3,(H2,8,12,13). The lowest BCUT2D eigenvalue weighted by Gasteiger charge is -2.41. The molecule has 7 nitrogen and oxygen atoms in total. The number of nitrogens with zero attached hydrogens (tertiary/aromatic N) is 2. The second kappa shape index (κ2) is 3.81. The number of hydrogen-bond acceptors (Lipinski definition) is 4. The molecule has 1 aliphatic heterocycles. The number of carbonyl (C=O) groups excluding carboxylic acids is 1. The highest BCUT2D eigenvalue weighted by atomic mass is 32.2. The number of rotatable bonds is 3. The highest BCUT2D eigenvalue weighted by molar-refractivity contribution is 7.86. The van der Waals surface area contributed by atoms with Gasteiger partial charge in [0.05, 0.1) is 12.6 Å². The summed E-state index contributed by atoms with van der Waals surface area (Å²) in [6, 6.07) is -0.107. The van der Waals surface area contributed by atoms with Crippen molar-refractivity contribution in [1.82, 2.24) is 9.21 Å². The number of carbonyl (C=O) groups is 1. The van der Waals surface area contributed by atoms with Gasteiger partial charge < -0.3 is 10.6 Å². The Kier molecular flexibility index (Phi) is 3.10. The van der Waals surface area contributed by atoms with Crippen molar-refractivity contribution in [2.45, 2.75) is 6.04 Å². The van der Waals surface area contributed by atoms with Crippen LogP contribution in [0.15, 0.2) is 0 Å². The Morgan fingerprint density at radius 2 is 2.07 bits per heavy atom. The van der Waals surface area contributed by atoms with Crippen LogP contribution in [0.1, 0.15) is 0 Å². The molecule has 0 atom stereocenters. The summed E-state index contributed by atoms with van der Waals surface area (Å²) in [5.74, 6) is -0.205. The first-order valence-electron chi connectivity index (χ1n) is 4.10. The van der Waals surface area contributed by atoms with Gasteiger partial charge in [0.1, 0.15) is 0 Å². The maximum Gasteiger partial charge on any atom is 0.277 e. The molecule has 0 saturated carbocycles. The second-order valence-corrected chi connectivity index (χ2v) is 4.77. The van der Waals surface area contributed by atoms with Gasteiger partial charge in [0.25, 0.3) is 10.2 Å². The summed E-state index contributed by atoms with van der Waals surface area (Å²) in [4.78, 5) is 12.6. The Hall–Kier alpha value is -0.700. The van der Waals surface area contributed by atoms with Gasteiger partial charge in [0.2, 0.25) is 5.91 Å². The third kappa shape index (κ3) is 2.21. The van der Waals surface area contributed by atoms with Gasteiger partial charge in [-0.05, 0) is 0 Å².